The molecule has 0 aromatic rings. The summed E-state index contributed by atoms with van der Waals surface area (Å²) < 4.78 is 0. The fourth-order valence-electron chi connectivity index (χ4n) is 1.15. The number of allylic oxidation sites excluding steroid dienone is 4. The molecule has 0 aromatic carbocycles. The van der Waals surface area contributed by atoms with E-state index in [-0.39, 0.29) is 16.8 Å². The zero-order valence-electron chi connectivity index (χ0n) is 14.4. The molecular formula is C14H30CoN6O2+3. The van der Waals surface area contributed by atoms with Crippen LogP contribution in [0.15, 0.2) is 33.1 Å². The number of nitrogens with one attached hydrogen (secondary N) is 2. The summed E-state index contributed by atoms with van der Waals surface area (Å²) >= 11 is 0. The van der Waals surface area contributed by atoms with Gasteiger partial charge in [-0.05, 0) is 64.0 Å². The second kappa shape index (κ2) is 18.8. The minimum absolute atomic E-state index is 0. The molecule has 0 radical (unpaired) electrons. The summed E-state index contributed by atoms with van der Waals surface area (Å²) in [5.41, 5.74) is 13.2. The average molecular weight is 373 g/mol. The molecule has 0 bridgehead atoms. The molecule has 23 heavy (non-hydrogen) atoms. The van der Waals surface area contributed by atoms with E-state index in [1.165, 1.54) is 0 Å². The molecule has 0 rings (SSSR count). The Morgan fingerprint density at radius 2 is 1.09 bits per heavy atom. The third-order valence-electron chi connectivity index (χ3n) is 2.90. The van der Waals surface area contributed by atoms with E-state index in [4.69, 9.17) is 11.5 Å². The first-order valence-electron chi connectivity index (χ1n) is 7.34. The zero-order valence-corrected chi connectivity index (χ0v) is 15.5. The second-order valence-corrected chi connectivity index (χ2v) is 4.74. The predicted octanol–water partition coefficient (Wildman–Crippen LogP) is 1.88. The van der Waals surface area contributed by atoms with Gasteiger partial charge in [0.2, 0.25) is 0 Å². The van der Waals surface area contributed by atoms with Crippen LogP contribution in [-0.4, -0.2) is 26.2 Å². The molecule has 0 amide bonds. The standard InChI is InChI=1S/2C7H15N3O.Co/c2*1-6(7(2)10-11)9-5-3-4-8;/h2*9H,3-5,8H2,1-2H3;/q;;+3. The Kier molecular flexibility index (Phi) is 21.7. The first-order valence-corrected chi connectivity index (χ1v) is 7.34. The van der Waals surface area contributed by atoms with Gasteiger partial charge in [-0.25, -0.2) is 0 Å². The number of rotatable bonds is 10. The van der Waals surface area contributed by atoms with Crippen LogP contribution in [-0.2, 0) is 16.8 Å². The van der Waals surface area contributed by atoms with Crippen LogP contribution in [0.1, 0.15) is 40.5 Å². The molecule has 9 heteroatoms. The first-order chi connectivity index (χ1) is 10.4. The summed E-state index contributed by atoms with van der Waals surface area (Å²) in [6.45, 7) is 9.93. The van der Waals surface area contributed by atoms with Crippen molar-refractivity contribution in [2.45, 2.75) is 40.5 Å². The maximum Gasteiger partial charge on any atom is 3.00 e. The van der Waals surface area contributed by atoms with Gasteiger partial charge < -0.3 is 22.1 Å². The smallest absolute Gasteiger partial charge is 0.387 e. The number of nitrogens with zero attached hydrogens (tertiary/aromatic N) is 2. The van der Waals surface area contributed by atoms with E-state index in [1.807, 2.05) is 13.8 Å². The zero-order chi connectivity index (χ0) is 17.4. The average Bonchev–Trinajstić information content (AvgIpc) is 2.54. The normalized spacial score (nSPS) is 11.7. The maximum atomic E-state index is 10.0. The fraction of sp³-hybridized carbons (Fsp3) is 0.714. The molecule has 0 aliphatic carbocycles. The summed E-state index contributed by atoms with van der Waals surface area (Å²) in [6, 6.07) is 0. The van der Waals surface area contributed by atoms with Gasteiger partial charge in [0.1, 0.15) is 11.4 Å². The van der Waals surface area contributed by atoms with Crippen LogP contribution in [0.4, 0.5) is 0 Å². The molecule has 0 unspecified atom stereocenters. The van der Waals surface area contributed by atoms with Crippen LogP contribution in [0.5, 0.6) is 0 Å². The molecule has 8 nitrogen and oxygen atoms in total. The summed E-state index contributed by atoms with van der Waals surface area (Å²) in [6.07, 6.45) is 1.81. The van der Waals surface area contributed by atoms with Gasteiger partial charge in [0, 0.05) is 24.5 Å². The largest absolute Gasteiger partial charge is 3.00 e. The van der Waals surface area contributed by atoms with Crippen molar-refractivity contribution in [1.82, 2.24) is 10.6 Å². The van der Waals surface area contributed by atoms with Crippen LogP contribution in [0.25, 0.3) is 0 Å². The predicted molar refractivity (Wildman–Crippen MR) is 91.7 cm³/mol. The Balaban J connectivity index is -0.000000333. The van der Waals surface area contributed by atoms with Crippen molar-refractivity contribution >= 4 is 0 Å². The van der Waals surface area contributed by atoms with E-state index in [2.05, 4.69) is 21.0 Å². The van der Waals surface area contributed by atoms with Crippen molar-refractivity contribution in [3.05, 3.63) is 32.6 Å². The van der Waals surface area contributed by atoms with Crippen molar-refractivity contribution in [2.75, 3.05) is 26.2 Å². The number of hydrogen-bond acceptors (Lipinski definition) is 8. The van der Waals surface area contributed by atoms with E-state index in [1.54, 1.807) is 13.8 Å². The van der Waals surface area contributed by atoms with Crippen LogP contribution in [0, 0.1) is 9.81 Å². The molecule has 0 heterocycles. The number of nitroso groups, excluding NO2 is 2. The summed E-state index contributed by atoms with van der Waals surface area (Å²) in [4.78, 5) is 20.0. The summed E-state index contributed by atoms with van der Waals surface area (Å²) in [5.74, 6) is 0. The first kappa shape index (κ1) is 26.6. The van der Waals surface area contributed by atoms with Gasteiger partial charge in [-0.2, -0.15) is 0 Å². The van der Waals surface area contributed by atoms with Crippen LogP contribution < -0.4 is 22.1 Å². The summed E-state index contributed by atoms with van der Waals surface area (Å²) in [7, 11) is 0. The molecule has 0 aliphatic heterocycles. The van der Waals surface area contributed by atoms with Crippen molar-refractivity contribution < 1.29 is 16.8 Å². The Labute approximate surface area is 149 Å². The Morgan fingerprint density at radius 1 is 0.783 bits per heavy atom. The molecule has 0 saturated heterocycles. The van der Waals surface area contributed by atoms with Gasteiger partial charge in [0.05, 0.1) is 0 Å². The van der Waals surface area contributed by atoms with Crippen molar-refractivity contribution in [3.8, 4) is 0 Å². The van der Waals surface area contributed by atoms with Gasteiger partial charge in [-0.15, -0.1) is 9.81 Å². The quantitative estimate of drug-likeness (QED) is 0.341. The van der Waals surface area contributed by atoms with E-state index >= 15 is 0 Å². The monoisotopic (exact) mass is 373 g/mol. The van der Waals surface area contributed by atoms with E-state index in [9.17, 15) is 9.81 Å². The third-order valence-corrected chi connectivity index (χ3v) is 2.90. The SMILES string of the molecule is CC(N=O)=C(C)NCCCN.CC(N=O)=C(C)NCCCN.[Co+3]. The van der Waals surface area contributed by atoms with Crippen LogP contribution >= 0.6 is 0 Å². The molecule has 0 fully saturated rings. The molecule has 0 aromatic heterocycles. The topological polar surface area (TPSA) is 135 Å². The molecule has 0 atom stereocenters. The molecular weight excluding hydrogens is 343 g/mol. The number of nitrogens with two attached hydrogens (primary N) is 2. The minimum Gasteiger partial charge on any atom is -0.387 e. The Bertz CT molecular complexity index is 349. The molecule has 0 saturated carbocycles. The van der Waals surface area contributed by atoms with Gasteiger partial charge in [-0.1, -0.05) is 0 Å². The Hall–Kier alpha value is -1.29. The van der Waals surface area contributed by atoms with E-state index < -0.39 is 0 Å². The van der Waals surface area contributed by atoms with Crippen molar-refractivity contribution in [2.24, 2.45) is 21.8 Å². The minimum atomic E-state index is 0. The van der Waals surface area contributed by atoms with Crippen LogP contribution in [0.3, 0.4) is 0 Å². The van der Waals surface area contributed by atoms with E-state index in [0.717, 1.165) is 37.3 Å². The third kappa shape index (κ3) is 16.9. The fourth-order valence-corrected chi connectivity index (χ4v) is 1.15. The second-order valence-electron chi connectivity index (χ2n) is 4.74. The summed E-state index contributed by atoms with van der Waals surface area (Å²) in [5, 5.41) is 11.7. The van der Waals surface area contributed by atoms with Gasteiger partial charge >= 0.3 is 16.8 Å². The van der Waals surface area contributed by atoms with Gasteiger partial charge in [-0.3, -0.25) is 0 Å². The molecule has 134 valence electrons. The molecule has 0 aliphatic rings. The van der Waals surface area contributed by atoms with Crippen molar-refractivity contribution in [3.63, 3.8) is 0 Å². The van der Waals surface area contributed by atoms with Gasteiger partial charge in [0.25, 0.3) is 0 Å². The molecule has 6 N–H and O–H groups in total. The molecule has 0 spiro atoms. The number of hydrogen-bond donors (Lipinski definition) is 4. The van der Waals surface area contributed by atoms with Crippen LogP contribution in [0.2, 0.25) is 0 Å². The van der Waals surface area contributed by atoms with Gasteiger partial charge in [0.15, 0.2) is 0 Å². The van der Waals surface area contributed by atoms with Crippen molar-refractivity contribution in [1.29, 1.82) is 0 Å². The Morgan fingerprint density at radius 3 is 1.30 bits per heavy atom. The van der Waals surface area contributed by atoms with E-state index in [0.29, 0.717) is 24.5 Å². The maximum absolute atomic E-state index is 10.0.